The Morgan fingerprint density at radius 1 is 1.21 bits per heavy atom. The molecule has 0 aliphatic carbocycles. The number of ether oxygens (including phenoxy) is 1. The molecular weight excluding hydrogens is 416 g/mol. The van der Waals surface area contributed by atoms with Crippen LogP contribution in [0.3, 0.4) is 0 Å². The normalized spacial score (nSPS) is 16.3. The lowest BCUT2D eigenvalue weighted by Gasteiger charge is -2.20. The SMILES string of the molecule is COC(=O)CC(NC(=O)c1cccc(N2CCCS2(=O)=O)c1)c1ccc(Cl)cc1. The fourth-order valence-electron chi connectivity index (χ4n) is 3.17. The first-order chi connectivity index (χ1) is 13.8. The van der Waals surface area contributed by atoms with E-state index >= 15 is 0 Å². The quantitative estimate of drug-likeness (QED) is 0.703. The number of nitrogens with zero attached hydrogens (tertiary/aromatic N) is 1. The lowest BCUT2D eigenvalue weighted by atomic mass is 10.0. The summed E-state index contributed by atoms with van der Waals surface area (Å²) < 4.78 is 30.3. The third-order valence-corrected chi connectivity index (χ3v) is 6.79. The molecule has 7 nitrogen and oxygen atoms in total. The van der Waals surface area contributed by atoms with Crippen LogP contribution in [0.5, 0.6) is 0 Å². The van der Waals surface area contributed by atoms with Gasteiger partial charge in [0.2, 0.25) is 10.0 Å². The summed E-state index contributed by atoms with van der Waals surface area (Å²) in [6.45, 7) is 0.392. The molecule has 9 heteroatoms. The Morgan fingerprint density at radius 3 is 2.55 bits per heavy atom. The van der Waals surface area contributed by atoms with Crippen molar-refractivity contribution in [3.63, 3.8) is 0 Å². The largest absolute Gasteiger partial charge is 0.469 e. The summed E-state index contributed by atoms with van der Waals surface area (Å²) in [5.74, 6) is -0.796. The molecule has 0 aromatic heterocycles. The molecule has 154 valence electrons. The first-order valence-corrected chi connectivity index (χ1v) is 11.0. The van der Waals surface area contributed by atoms with E-state index < -0.39 is 27.9 Å². The lowest BCUT2D eigenvalue weighted by Crippen LogP contribution is -2.31. The van der Waals surface area contributed by atoms with E-state index in [9.17, 15) is 18.0 Å². The van der Waals surface area contributed by atoms with Gasteiger partial charge in [0.1, 0.15) is 0 Å². The zero-order chi connectivity index (χ0) is 21.0. The Morgan fingerprint density at radius 2 is 1.93 bits per heavy atom. The summed E-state index contributed by atoms with van der Waals surface area (Å²) in [5, 5.41) is 3.36. The highest BCUT2D eigenvalue weighted by atomic mass is 35.5. The second-order valence-corrected chi connectivity index (χ2v) is 9.10. The third kappa shape index (κ3) is 5.07. The molecule has 1 N–H and O–H groups in total. The molecule has 1 saturated heterocycles. The number of esters is 1. The maximum Gasteiger partial charge on any atom is 0.307 e. The van der Waals surface area contributed by atoms with E-state index in [-0.39, 0.29) is 12.2 Å². The van der Waals surface area contributed by atoms with Crippen molar-refractivity contribution in [2.45, 2.75) is 18.9 Å². The molecule has 1 fully saturated rings. The Balaban J connectivity index is 1.83. The van der Waals surface area contributed by atoms with Gasteiger partial charge in [0.15, 0.2) is 0 Å². The van der Waals surface area contributed by atoms with Crippen molar-refractivity contribution in [1.29, 1.82) is 0 Å². The summed E-state index contributed by atoms with van der Waals surface area (Å²) >= 11 is 5.92. The number of halogens is 1. The maximum atomic E-state index is 12.8. The molecule has 29 heavy (non-hydrogen) atoms. The molecule has 1 aliphatic heterocycles. The number of rotatable bonds is 6. The van der Waals surface area contributed by atoms with Crippen molar-refractivity contribution in [1.82, 2.24) is 5.32 Å². The number of hydrogen-bond acceptors (Lipinski definition) is 5. The summed E-state index contributed by atoms with van der Waals surface area (Å²) in [4.78, 5) is 24.6. The van der Waals surface area contributed by atoms with Crippen LogP contribution in [0.2, 0.25) is 5.02 Å². The number of carbonyl (C=O) groups excluding carboxylic acids is 2. The zero-order valence-electron chi connectivity index (χ0n) is 15.8. The van der Waals surface area contributed by atoms with Gasteiger partial charge in [-0.3, -0.25) is 13.9 Å². The van der Waals surface area contributed by atoms with E-state index in [1.54, 1.807) is 42.5 Å². The lowest BCUT2D eigenvalue weighted by molar-refractivity contribution is -0.141. The molecule has 1 heterocycles. The van der Waals surface area contributed by atoms with Crippen molar-refractivity contribution in [2.24, 2.45) is 0 Å². The molecular formula is C20H21ClN2O5S. The van der Waals surface area contributed by atoms with E-state index in [4.69, 9.17) is 16.3 Å². The average Bonchev–Trinajstić information content (AvgIpc) is 3.07. The van der Waals surface area contributed by atoms with Crippen molar-refractivity contribution < 1.29 is 22.7 Å². The number of hydrogen-bond donors (Lipinski definition) is 1. The molecule has 1 atom stereocenters. The van der Waals surface area contributed by atoms with Crippen molar-refractivity contribution in [3.8, 4) is 0 Å². The smallest absolute Gasteiger partial charge is 0.307 e. The van der Waals surface area contributed by atoms with E-state index in [2.05, 4.69) is 5.32 Å². The highest BCUT2D eigenvalue weighted by molar-refractivity contribution is 7.93. The monoisotopic (exact) mass is 436 g/mol. The van der Waals surface area contributed by atoms with Crippen LogP contribution in [0.15, 0.2) is 48.5 Å². The van der Waals surface area contributed by atoms with Gasteiger partial charge in [-0.05, 0) is 42.3 Å². The summed E-state index contributed by atoms with van der Waals surface area (Å²) in [7, 11) is -2.06. The van der Waals surface area contributed by atoms with Crippen LogP contribution >= 0.6 is 11.6 Å². The number of nitrogens with one attached hydrogen (secondary N) is 1. The average molecular weight is 437 g/mol. The van der Waals surface area contributed by atoms with Gasteiger partial charge in [-0.1, -0.05) is 29.8 Å². The molecule has 1 unspecified atom stereocenters. The Kier molecular flexibility index (Phi) is 6.44. The van der Waals surface area contributed by atoms with Crippen LogP contribution < -0.4 is 9.62 Å². The minimum atomic E-state index is -3.34. The zero-order valence-corrected chi connectivity index (χ0v) is 17.4. The van der Waals surface area contributed by atoms with E-state index in [0.29, 0.717) is 34.8 Å². The summed E-state index contributed by atoms with van der Waals surface area (Å²) in [6, 6.07) is 12.6. The van der Waals surface area contributed by atoms with E-state index in [0.717, 1.165) is 0 Å². The van der Waals surface area contributed by atoms with Crippen LogP contribution in [0.25, 0.3) is 0 Å². The van der Waals surface area contributed by atoms with Crippen molar-refractivity contribution >= 4 is 39.2 Å². The number of benzene rings is 2. The predicted octanol–water partition coefficient (Wildman–Crippen LogP) is 2.91. The fraction of sp³-hybridized carbons (Fsp3) is 0.300. The molecule has 1 amide bonds. The van der Waals surface area contributed by atoms with Gasteiger partial charge < -0.3 is 10.1 Å². The fourth-order valence-corrected chi connectivity index (χ4v) is 4.85. The first kappa shape index (κ1) is 21.1. The summed E-state index contributed by atoms with van der Waals surface area (Å²) in [5.41, 5.74) is 1.45. The molecule has 3 rings (SSSR count). The van der Waals surface area contributed by atoms with Gasteiger partial charge in [0, 0.05) is 17.1 Å². The minimum absolute atomic E-state index is 0.0515. The van der Waals surface area contributed by atoms with Crippen LogP contribution in [0.1, 0.15) is 34.8 Å². The second-order valence-electron chi connectivity index (χ2n) is 6.65. The molecule has 0 radical (unpaired) electrons. The van der Waals surface area contributed by atoms with Gasteiger partial charge in [-0.15, -0.1) is 0 Å². The van der Waals surface area contributed by atoms with Gasteiger partial charge in [-0.2, -0.15) is 0 Å². The van der Waals surface area contributed by atoms with Crippen molar-refractivity contribution in [2.75, 3.05) is 23.7 Å². The van der Waals surface area contributed by atoms with Crippen molar-refractivity contribution in [3.05, 3.63) is 64.7 Å². The topological polar surface area (TPSA) is 92.8 Å². The number of carbonyl (C=O) groups is 2. The minimum Gasteiger partial charge on any atom is -0.469 e. The van der Waals surface area contributed by atoms with Crippen LogP contribution in [0, 0.1) is 0 Å². The van der Waals surface area contributed by atoms with Gasteiger partial charge in [0.05, 0.1) is 31.0 Å². The molecule has 2 aromatic rings. The third-order valence-electron chi connectivity index (χ3n) is 4.67. The second kappa shape index (κ2) is 8.84. The number of amides is 1. The van der Waals surface area contributed by atoms with Crippen LogP contribution in [0.4, 0.5) is 5.69 Å². The van der Waals surface area contributed by atoms with Gasteiger partial charge >= 0.3 is 5.97 Å². The predicted molar refractivity (Wildman–Crippen MR) is 110 cm³/mol. The molecule has 2 aromatic carbocycles. The Hall–Kier alpha value is -2.58. The number of sulfonamides is 1. The maximum absolute atomic E-state index is 12.8. The molecule has 0 spiro atoms. The highest BCUT2D eigenvalue weighted by Crippen LogP contribution is 2.26. The van der Waals surface area contributed by atoms with E-state index in [1.807, 2.05) is 0 Å². The molecule has 0 saturated carbocycles. The molecule has 1 aliphatic rings. The summed E-state index contributed by atoms with van der Waals surface area (Å²) in [6.07, 6.45) is 0.501. The highest BCUT2D eigenvalue weighted by Gasteiger charge is 2.29. The first-order valence-electron chi connectivity index (χ1n) is 9.04. The Labute approximate surface area is 174 Å². The van der Waals surface area contributed by atoms with Gasteiger partial charge in [0.25, 0.3) is 5.91 Å². The number of anilines is 1. The van der Waals surface area contributed by atoms with Gasteiger partial charge in [-0.25, -0.2) is 8.42 Å². The standard InChI is InChI=1S/C20H21ClN2O5S/c1-28-19(24)13-18(14-6-8-16(21)9-7-14)22-20(25)15-4-2-5-17(12-15)23-10-3-11-29(23,26)27/h2,4-9,12,18H,3,10-11,13H2,1H3,(H,22,25). The molecule has 0 bridgehead atoms. The van der Waals surface area contributed by atoms with Crippen LogP contribution in [-0.2, 0) is 19.6 Å². The van der Waals surface area contributed by atoms with E-state index in [1.165, 1.54) is 17.5 Å². The Bertz CT molecular complexity index is 1010. The number of methoxy groups -OCH3 is 1. The van der Waals surface area contributed by atoms with Crippen LogP contribution in [-0.4, -0.2) is 39.7 Å².